The van der Waals surface area contributed by atoms with Crippen LogP contribution in [0.2, 0.25) is 5.02 Å². The maximum Gasteiger partial charge on any atom is 0.271 e. The van der Waals surface area contributed by atoms with Gasteiger partial charge in [-0.1, -0.05) is 47.6 Å². The van der Waals surface area contributed by atoms with E-state index >= 15 is 0 Å². The first-order valence-corrected chi connectivity index (χ1v) is 11.6. The molecule has 0 unspecified atom stereocenters. The second kappa shape index (κ2) is 9.66. The fourth-order valence-corrected chi connectivity index (χ4v) is 4.41. The molecule has 0 saturated carbocycles. The molecule has 4 rings (SSSR count). The van der Waals surface area contributed by atoms with E-state index in [0.717, 1.165) is 17.3 Å². The highest BCUT2D eigenvalue weighted by molar-refractivity contribution is 7.99. The van der Waals surface area contributed by atoms with Gasteiger partial charge in [0.1, 0.15) is 0 Å². The molecule has 1 amide bonds. The lowest BCUT2D eigenvalue weighted by molar-refractivity contribution is -0.384. The van der Waals surface area contributed by atoms with Gasteiger partial charge in [-0.15, -0.1) is 0 Å². The molecule has 1 heterocycles. The summed E-state index contributed by atoms with van der Waals surface area (Å²) in [6.45, 7) is 3.64. The molecule has 0 aliphatic carbocycles. The SMILES string of the molecule is Cc1ccc([N+](=O)[O-])cc1NC(=O)CSc1nc2cc(Cl)ccc2c(=O)n1-c1ccccc1C. The molecular weight excluding hydrogens is 476 g/mol. The number of nitrogens with one attached hydrogen (secondary N) is 1. The lowest BCUT2D eigenvalue weighted by Crippen LogP contribution is -2.23. The number of carbonyl (C=O) groups excluding carboxylic acids is 1. The van der Waals surface area contributed by atoms with E-state index in [2.05, 4.69) is 10.3 Å². The largest absolute Gasteiger partial charge is 0.325 e. The molecule has 0 spiro atoms. The number of benzene rings is 3. The van der Waals surface area contributed by atoms with Crippen molar-refractivity contribution in [2.75, 3.05) is 11.1 Å². The average Bonchev–Trinajstić information content (AvgIpc) is 2.79. The van der Waals surface area contributed by atoms with Crippen LogP contribution in [0.15, 0.2) is 70.6 Å². The number of hydrogen-bond acceptors (Lipinski definition) is 6. The molecule has 172 valence electrons. The monoisotopic (exact) mass is 494 g/mol. The van der Waals surface area contributed by atoms with Crippen molar-refractivity contribution in [3.8, 4) is 5.69 Å². The van der Waals surface area contributed by atoms with Crippen molar-refractivity contribution in [3.63, 3.8) is 0 Å². The van der Waals surface area contributed by atoms with Crippen LogP contribution in [-0.2, 0) is 4.79 Å². The highest BCUT2D eigenvalue weighted by Crippen LogP contribution is 2.26. The van der Waals surface area contributed by atoms with Crippen LogP contribution < -0.4 is 10.9 Å². The fourth-order valence-electron chi connectivity index (χ4n) is 3.44. The zero-order valence-corrected chi connectivity index (χ0v) is 19.8. The summed E-state index contributed by atoms with van der Waals surface area (Å²) in [5.74, 6) is -0.447. The van der Waals surface area contributed by atoms with Gasteiger partial charge in [-0.3, -0.25) is 24.3 Å². The summed E-state index contributed by atoms with van der Waals surface area (Å²) in [5, 5.41) is 15.0. The second-order valence-electron chi connectivity index (χ2n) is 7.58. The van der Waals surface area contributed by atoms with Crippen molar-refractivity contribution in [1.29, 1.82) is 0 Å². The minimum atomic E-state index is -0.519. The summed E-state index contributed by atoms with van der Waals surface area (Å²) in [6, 6.07) is 16.6. The Balaban J connectivity index is 1.69. The number of halogens is 1. The number of carbonyl (C=O) groups is 1. The van der Waals surface area contributed by atoms with Gasteiger partial charge in [0.15, 0.2) is 5.16 Å². The minimum Gasteiger partial charge on any atom is -0.325 e. The van der Waals surface area contributed by atoms with Crippen molar-refractivity contribution in [2.24, 2.45) is 0 Å². The summed E-state index contributed by atoms with van der Waals surface area (Å²) in [7, 11) is 0. The van der Waals surface area contributed by atoms with E-state index in [-0.39, 0.29) is 22.9 Å². The molecule has 0 aliphatic rings. The zero-order chi connectivity index (χ0) is 24.4. The number of nitro groups is 1. The molecule has 0 fully saturated rings. The quantitative estimate of drug-likeness (QED) is 0.169. The maximum absolute atomic E-state index is 13.4. The lowest BCUT2D eigenvalue weighted by Gasteiger charge is -2.15. The van der Waals surface area contributed by atoms with Crippen LogP contribution in [0.3, 0.4) is 0 Å². The average molecular weight is 495 g/mol. The van der Waals surface area contributed by atoms with Gasteiger partial charge < -0.3 is 5.32 Å². The van der Waals surface area contributed by atoms with Crippen LogP contribution in [0.4, 0.5) is 11.4 Å². The van der Waals surface area contributed by atoms with E-state index in [1.807, 2.05) is 31.2 Å². The summed E-state index contributed by atoms with van der Waals surface area (Å²) in [4.78, 5) is 41.3. The van der Waals surface area contributed by atoms with E-state index in [4.69, 9.17) is 11.6 Å². The summed E-state index contributed by atoms with van der Waals surface area (Å²) >= 11 is 7.20. The van der Waals surface area contributed by atoms with Gasteiger partial charge in [0.05, 0.1) is 33.0 Å². The highest BCUT2D eigenvalue weighted by Gasteiger charge is 2.17. The van der Waals surface area contributed by atoms with Gasteiger partial charge >= 0.3 is 0 Å². The first-order valence-electron chi connectivity index (χ1n) is 10.2. The standard InChI is InChI=1S/C24H19ClN4O4S/c1-14-7-9-17(29(32)33)12-19(14)26-22(30)13-34-24-27-20-11-16(25)8-10-18(20)23(31)28(24)21-6-4-3-5-15(21)2/h3-12H,13H2,1-2H3,(H,26,30). The van der Waals surface area contributed by atoms with Crippen molar-refractivity contribution in [3.05, 3.63) is 97.3 Å². The third-order valence-electron chi connectivity index (χ3n) is 5.20. The minimum absolute atomic E-state index is 0.0630. The van der Waals surface area contributed by atoms with Crippen molar-refractivity contribution < 1.29 is 9.72 Å². The summed E-state index contributed by atoms with van der Waals surface area (Å²) < 4.78 is 1.49. The van der Waals surface area contributed by atoms with Gasteiger partial charge in [-0.2, -0.15) is 0 Å². The number of thioether (sulfide) groups is 1. The van der Waals surface area contributed by atoms with Gasteiger partial charge in [-0.25, -0.2) is 4.98 Å². The van der Waals surface area contributed by atoms with E-state index < -0.39 is 4.92 Å². The van der Waals surface area contributed by atoms with Crippen LogP contribution in [0.25, 0.3) is 16.6 Å². The summed E-state index contributed by atoms with van der Waals surface area (Å²) in [5.41, 5.74) is 2.63. The molecule has 0 aliphatic heterocycles. The Labute approximate surface area is 203 Å². The topological polar surface area (TPSA) is 107 Å². The Morgan fingerprint density at radius 1 is 1.12 bits per heavy atom. The molecule has 0 bridgehead atoms. The fraction of sp³-hybridized carbons (Fsp3) is 0.125. The van der Waals surface area contributed by atoms with E-state index in [1.165, 1.54) is 16.7 Å². The van der Waals surface area contributed by atoms with Crippen molar-refractivity contribution in [1.82, 2.24) is 9.55 Å². The number of amides is 1. The van der Waals surface area contributed by atoms with Crippen LogP contribution in [0, 0.1) is 24.0 Å². The number of nitro benzene ring substituents is 1. The Morgan fingerprint density at radius 2 is 1.88 bits per heavy atom. The Morgan fingerprint density at radius 3 is 2.62 bits per heavy atom. The molecule has 8 nitrogen and oxygen atoms in total. The van der Waals surface area contributed by atoms with Crippen LogP contribution >= 0.6 is 23.4 Å². The summed E-state index contributed by atoms with van der Waals surface area (Å²) in [6.07, 6.45) is 0. The van der Waals surface area contributed by atoms with Gasteiger partial charge in [0.25, 0.3) is 11.2 Å². The number of aryl methyl sites for hydroxylation is 2. The second-order valence-corrected chi connectivity index (χ2v) is 8.96. The first kappa shape index (κ1) is 23.5. The maximum atomic E-state index is 13.4. The van der Waals surface area contributed by atoms with E-state index in [1.54, 1.807) is 31.2 Å². The number of fused-ring (bicyclic) bond motifs is 1. The predicted octanol–water partition coefficient (Wildman–Crippen LogP) is 5.29. The number of non-ortho nitro benzene ring substituents is 1. The lowest BCUT2D eigenvalue weighted by atomic mass is 10.2. The molecule has 0 saturated heterocycles. The zero-order valence-electron chi connectivity index (χ0n) is 18.2. The number of para-hydroxylation sites is 1. The number of nitrogens with zero attached hydrogens (tertiary/aromatic N) is 3. The smallest absolute Gasteiger partial charge is 0.271 e. The molecule has 4 aromatic rings. The van der Waals surface area contributed by atoms with Crippen molar-refractivity contribution >= 4 is 51.5 Å². The predicted molar refractivity (Wildman–Crippen MR) is 134 cm³/mol. The Hall–Kier alpha value is -3.69. The Bertz CT molecular complexity index is 1500. The Kier molecular flexibility index (Phi) is 6.67. The molecule has 0 radical (unpaired) electrons. The molecule has 1 N–H and O–H groups in total. The van der Waals surface area contributed by atoms with E-state index in [0.29, 0.717) is 38.0 Å². The molecule has 3 aromatic carbocycles. The van der Waals surface area contributed by atoms with Gasteiger partial charge in [-0.05, 0) is 49.2 Å². The number of aromatic nitrogens is 2. The number of rotatable bonds is 6. The van der Waals surface area contributed by atoms with Gasteiger partial charge in [0, 0.05) is 17.2 Å². The molecule has 34 heavy (non-hydrogen) atoms. The normalized spacial score (nSPS) is 10.9. The van der Waals surface area contributed by atoms with Crippen LogP contribution in [-0.4, -0.2) is 26.1 Å². The number of hydrogen-bond donors (Lipinski definition) is 1. The third kappa shape index (κ3) is 4.80. The van der Waals surface area contributed by atoms with Crippen LogP contribution in [0.1, 0.15) is 11.1 Å². The molecule has 10 heteroatoms. The molecule has 0 atom stereocenters. The number of anilines is 1. The van der Waals surface area contributed by atoms with Crippen LogP contribution in [0.5, 0.6) is 0 Å². The third-order valence-corrected chi connectivity index (χ3v) is 6.37. The van der Waals surface area contributed by atoms with Crippen molar-refractivity contribution in [2.45, 2.75) is 19.0 Å². The van der Waals surface area contributed by atoms with E-state index in [9.17, 15) is 19.7 Å². The molecule has 1 aromatic heterocycles. The first-order chi connectivity index (χ1) is 16.2. The highest BCUT2D eigenvalue weighted by atomic mass is 35.5. The molecular formula is C24H19ClN4O4S. The van der Waals surface area contributed by atoms with Gasteiger partial charge in [0.2, 0.25) is 5.91 Å².